The Hall–Kier alpha value is -10.1. The van der Waals surface area contributed by atoms with E-state index in [1.807, 2.05) is 72.7 Å². The van der Waals surface area contributed by atoms with Crippen LogP contribution in [0.5, 0.6) is 80.5 Å². The third kappa shape index (κ3) is 11.2. The van der Waals surface area contributed by atoms with Gasteiger partial charge in [0.25, 0.3) is 0 Å². The molecule has 6 aromatic rings. The van der Waals surface area contributed by atoms with Crippen LogP contribution in [0.2, 0.25) is 0 Å². The first kappa shape index (κ1) is 76.9. The molecule has 0 radical (unpaired) electrons. The maximum Gasteiger partial charge on any atom is 0.332 e. The van der Waals surface area contributed by atoms with Gasteiger partial charge in [-0.25, -0.2) is 9.59 Å². The molecule has 14 atom stereocenters. The summed E-state index contributed by atoms with van der Waals surface area (Å²) < 4.78 is 72.4. The molecule has 4 fully saturated rings. The van der Waals surface area contributed by atoms with Crippen molar-refractivity contribution < 1.29 is 101 Å². The zero-order valence-corrected chi connectivity index (χ0v) is 66.4. The fourth-order valence-electron chi connectivity index (χ4n) is 20.7. The zero-order chi connectivity index (χ0) is 80.2. The average Bonchev–Trinajstić information content (AvgIpc) is 1.47. The molecule has 2 unspecified atom stereocenters. The minimum absolute atomic E-state index is 0.0168. The first-order valence-corrected chi connectivity index (χ1v) is 39.4. The number of methoxy groups -OCH3 is 4. The maximum atomic E-state index is 15.0. The molecule has 8 bridgehead atoms. The Morgan fingerprint density at radius 3 is 1.45 bits per heavy atom. The van der Waals surface area contributed by atoms with Gasteiger partial charge in [0.2, 0.25) is 13.6 Å². The molecular weight excluding hydrogens is 1500 g/mol. The van der Waals surface area contributed by atoms with Gasteiger partial charge in [-0.15, -0.1) is 23.5 Å². The molecule has 14 aliphatic rings. The van der Waals surface area contributed by atoms with Crippen LogP contribution in [-0.2, 0) is 70.2 Å². The minimum Gasteiger partial charge on any atom is -0.504 e. The Bertz CT molecular complexity index is 5130. The number of likely N-dealkylation sites (N-methyl/N-ethyl adjacent to an activating group) is 3. The van der Waals surface area contributed by atoms with E-state index in [-0.39, 0.29) is 84.9 Å². The fourth-order valence-corrected chi connectivity index (χ4v) is 24.2. The van der Waals surface area contributed by atoms with E-state index in [9.17, 15) is 50.1 Å². The van der Waals surface area contributed by atoms with E-state index in [0.717, 1.165) is 33.4 Å². The number of ether oxygens (including phenoxy) is 12. The van der Waals surface area contributed by atoms with Gasteiger partial charge in [0.1, 0.15) is 43.6 Å². The number of nitriles is 2. The summed E-state index contributed by atoms with van der Waals surface area (Å²) in [6.45, 7) is 12.7. The van der Waals surface area contributed by atoms with Gasteiger partial charge in [-0.2, -0.15) is 10.5 Å². The highest BCUT2D eigenvalue weighted by Crippen LogP contribution is 2.68. The van der Waals surface area contributed by atoms with Crippen molar-refractivity contribution in [3.63, 3.8) is 0 Å². The lowest BCUT2D eigenvalue weighted by molar-refractivity contribution is -0.163. The number of hydrogen-bond donors (Lipinski definition) is 5. The Morgan fingerprint density at radius 2 is 1.00 bits per heavy atom. The van der Waals surface area contributed by atoms with Crippen molar-refractivity contribution in [2.45, 2.75) is 149 Å². The molecule has 0 amide bonds. The van der Waals surface area contributed by atoms with Gasteiger partial charge < -0.3 is 82.1 Å². The number of aryl methyl sites for hydroxylation is 2. The number of thioether (sulfide) groups is 2. The van der Waals surface area contributed by atoms with Crippen LogP contribution in [0.1, 0.15) is 138 Å². The number of carbonyl (C=O) groups is 5. The quantitative estimate of drug-likeness (QED) is 0.0775. The van der Waals surface area contributed by atoms with Crippen LogP contribution in [0.3, 0.4) is 0 Å². The zero-order valence-electron chi connectivity index (χ0n) is 64.8. The van der Waals surface area contributed by atoms with Crippen LogP contribution in [0.25, 0.3) is 0 Å². The van der Waals surface area contributed by atoms with Gasteiger partial charge in [-0.05, 0) is 143 Å². The summed E-state index contributed by atoms with van der Waals surface area (Å²) in [4.78, 5) is 74.3. The number of carbonyl (C=O) groups excluding carboxylic acids is 5. The first-order chi connectivity index (χ1) is 54.3. The van der Waals surface area contributed by atoms with Crippen LogP contribution >= 0.6 is 23.5 Å². The Morgan fingerprint density at radius 1 is 0.558 bits per heavy atom. The first-order valence-electron chi connectivity index (χ1n) is 37.3. The van der Waals surface area contributed by atoms with E-state index in [4.69, 9.17) is 61.6 Å². The molecule has 14 heterocycles. The summed E-state index contributed by atoms with van der Waals surface area (Å²) >= 11 is 2.98. The molecule has 0 aliphatic carbocycles. The lowest BCUT2D eigenvalue weighted by atomic mass is 9.71. The van der Waals surface area contributed by atoms with Gasteiger partial charge in [-0.1, -0.05) is 12.1 Å². The third-order valence-electron chi connectivity index (χ3n) is 25.4. The summed E-state index contributed by atoms with van der Waals surface area (Å²) in [6.07, 6.45) is 2.13. The normalized spacial score (nSPS) is 28.5. The second-order valence-electron chi connectivity index (χ2n) is 30.6. The number of fused-ring (bicyclic) bond motifs is 18. The number of phenols is 4. The predicted molar refractivity (Wildman–Crippen MR) is 408 cm³/mol. The van der Waals surface area contributed by atoms with Crippen molar-refractivity contribution in [3.8, 4) is 92.6 Å². The van der Waals surface area contributed by atoms with Crippen molar-refractivity contribution in [1.82, 2.24) is 29.8 Å². The van der Waals surface area contributed by atoms with E-state index in [1.54, 1.807) is 24.3 Å². The van der Waals surface area contributed by atoms with Crippen molar-refractivity contribution in [2.75, 3.05) is 101 Å². The number of piperazine rings is 2. The number of benzene rings is 6. The van der Waals surface area contributed by atoms with Crippen LogP contribution < -0.4 is 52.7 Å². The molecule has 0 aromatic heterocycles. The Balaban J connectivity index is 0.000000167. The number of aromatic hydroxyl groups is 4. The number of rotatable bonds is 6. The molecule has 113 heavy (non-hydrogen) atoms. The van der Waals surface area contributed by atoms with Gasteiger partial charge in [-0.3, -0.25) is 39.4 Å². The highest BCUT2D eigenvalue weighted by Gasteiger charge is 2.65. The number of hydrogen-bond acceptors (Lipinski definition) is 31. The van der Waals surface area contributed by atoms with E-state index in [2.05, 4.69) is 37.1 Å². The Labute approximate surface area is 660 Å². The summed E-state index contributed by atoms with van der Waals surface area (Å²) in [5.41, 5.74) is 8.95. The predicted octanol–water partition coefficient (Wildman–Crippen LogP) is 8.13. The van der Waals surface area contributed by atoms with Crippen molar-refractivity contribution in [3.05, 3.63) is 125 Å². The lowest BCUT2D eigenvalue weighted by Gasteiger charge is -2.62. The monoisotopic (exact) mass is 1580 g/mol. The molecule has 6 aromatic carbocycles. The number of nitrogens with one attached hydrogen (secondary N) is 1. The molecule has 594 valence electrons. The topological polar surface area (TPSA) is 353 Å². The van der Waals surface area contributed by atoms with E-state index >= 15 is 0 Å². The summed E-state index contributed by atoms with van der Waals surface area (Å²) in [6, 6.07) is 10.6. The molecule has 2 spiro atoms. The summed E-state index contributed by atoms with van der Waals surface area (Å²) in [5, 5.41) is 70.4. The second-order valence-corrected chi connectivity index (χ2v) is 32.9. The van der Waals surface area contributed by atoms with E-state index < -0.39 is 93.8 Å². The second kappa shape index (κ2) is 28.8. The van der Waals surface area contributed by atoms with Crippen LogP contribution in [0.4, 0.5) is 0 Å². The summed E-state index contributed by atoms with van der Waals surface area (Å²) in [5.74, 6) is 2.04. The molecule has 31 heteroatoms. The van der Waals surface area contributed by atoms with Crippen LogP contribution in [0, 0.1) is 50.4 Å². The SMILES string of the molecule is C=O.COc1cc2c(cc1O)CCN(C)[C@]21CS[C@@H]2c3c(OC(C)=O)c(C)c4c(c3[C@H](COC1=O)N1C2[C@H]2c3c(cc(C)c(OC)c3O)C[C@@H]([C@@H]1C#N)N2C)OCO4.COc1cc2c(cc1O)CCN[C@]21CS[C@@H]2c3c(OC(C)=O)c(C)c4c(c3[C@H](COC1=O)N1C2[C@H]2c3c(cc(C)c(OC)c3O)C[C@@H]([C@@H]1C#N)N2C)OCO4. The van der Waals surface area contributed by atoms with E-state index in [1.165, 1.54) is 65.8 Å². The molecule has 29 nitrogen and oxygen atoms in total. The van der Waals surface area contributed by atoms with Gasteiger partial charge >= 0.3 is 23.9 Å². The highest BCUT2D eigenvalue weighted by atomic mass is 32.2. The number of nitrogens with zero attached hydrogens (tertiary/aromatic N) is 7. The van der Waals surface area contributed by atoms with Crippen LogP contribution in [0.15, 0.2) is 36.4 Å². The Kier molecular flexibility index (Phi) is 19.6. The third-order valence-corrected chi connectivity index (χ3v) is 28.3. The molecular formula is C82H88N8O21S2. The largest absolute Gasteiger partial charge is 0.504 e. The van der Waals surface area contributed by atoms with E-state index in [0.29, 0.717) is 140 Å². The van der Waals surface area contributed by atoms with Gasteiger partial charge in [0, 0.05) is 107 Å². The minimum atomic E-state index is -1.36. The van der Waals surface area contributed by atoms with Crippen molar-refractivity contribution >= 4 is 54.2 Å². The number of phenolic OH excluding ortho intramolecular Hbond substituents is 4. The standard InChI is InChI=1S/C41H44N4O10S.C40H42N4O10S.CH2O/c1-18-10-22-11-24-25(14-42)45-26-15-52-40(49)41(23-13-28(50-6)27(47)12-21(23)8-9-43(41)4)16-56-39(33(45)32(44(24)5)29(22)34(48)35(18)51-7)31-30(26)38-37(53-17-54-38)19(2)36(31)55-20(3)46;1-17-9-21-10-23-24(13-41)44-25-14-51-39(48)40(22-12-27(49-5)26(46)11-20(22)7-8-42-40)15-55-38(32(44)31(43(23)4)28(21)33(47)34(17)50-6)30-29(25)37-36(52-16-53-37)18(2)35(30)54-19(3)45;1-2/h10,12-13,24-26,32-33,39,47-48H,8-9,11,15-17H2,1-7H3;9,11-12,23-25,31-32,38,42,46-47H,7-8,10,14-16H2,1-6H3;1H2/t24-,25-,26-,32+,33?,39+,41+;23-,24-,25-,31+,32?,38+,40+;/m00./s1. The summed E-state index contributed by atoms with van der Waals surface area (Å²) in [7, 11) is 11.9. The van der Waals surface area contributed by atoms with Gasteiger partial charge in [0.05, 0.1) is 75.2 Å². The fraction of sp³-hybridized carbons (Fsp3) is 0.476. The smallest absolute Gasteiger partial charge is 0.332 e. The van der Waals surface area contributed by atoms with Gasteiger partial charge in [0.15, 0.2) is 80.1 Å². The maximum absolute atomic E-state index is 15.0. The van der Waals surface area contributed by atoms with Crippen LogP contribution in [-0.4, -0.2) is 213 Å². The highest BCUT2D eigenvalue weighted by molar-refractivity contribution is 7.99. The molecule has 0 saturated carbocycles. The molecule has 4 saturated heterocycles. The molecule has 5 N–H and O–H groups in total. The average molecular weight is 1590 g/mol. The molecule has 14 aliphatic heterocycles. The van der Waals surface area contributed by atoms with Crippen molar-refractivity contribution in [2.24, 2.45) is 0 Å². The number of esters is 4. The lowest BCUT2D eigenvalue weighted by Crippen LogP contribution is -2.69. The molecule has 20 rings (SSSR count). The van der Waals surface area contributed by atoms with Crippen molar-refractivity contribution in [1.29, 1.82) is 10.5 Å².